The molecule has 17 heavy (non-hydrogen) atoms. The molecule has 0 fully saturated rings. The van der Waals surface area contributed by atoms with E-state index < -0.39 is 0 Å². The summed E-state index contributed by atoms with van der Waals surface area (Å²) in [7, 11) is 1.66. The Kier molecular flexibility index (Phi) is 4.47. The molecule has 0 saturated heterocycles. The van der Waals surface area contributed by atoms with Gasteiger partial charge in [-0.25, -0.2) is 0 Å². The highest BCUT2D eigenvalue weighted by molar-refractivity contribution is 5.80. The molecular weight excluding hydrogens is 212 g/mol. The van der Waals surface area contributed by atoms with Crippen molar-refractivity contribution in [1.82, 2.24) is 0 Å². The number of ether oxygens (including phenoxy) is 1. The van der Waals surface area contributed by atoms with E-state index in [1.54, 1.807) is 7.11 Å². The summed E-state index contributed by atoms with van der Waals surface area (Å²) in [5.74, 6) is 0. The maximum atomic E-state index is 11.2. The predicted octanol–water partition coefficient (Wildman–Crippen LogP) is 3.51. The smallest absolute Gasteiger partial charge is 0.150 e. The second-order valence-electron chi connectivity index (χ2n) is 5.36. The Morgan fingerprint density at radius 2 is 1.82 bits per heavy atom. The molecule has 0 bridgehead atoms. The zero-order valence-corrected chi connectivity index (χ0v) is 11.5. The van der Waals surface area contributed by atoms with Crippen LogP contribution in [0.25, 0.3) is 0 Å². The standard InChI is InChI=1S/C15H22O2/c1-6-11-7-13(15(2,3)4)8-12(10-17-5)14(11)9-16/h7-9H,6,10H2,1-5H3. The van der Waals surface area contributed by atoms with Gasteiger partial charge in [-0.05, 0) is 28.5 Å². The first-order chi connectivity index (χ1) is 7.93. The van der Waals surface area contributed by atoms with Crippen molar-refractivity contribution in [1.29, 1.82) is 0 Å². The zero-order chi connectivity index (χ0) is 13.1. The van der Waals surface area contributed by atoms with Crippen LogP contribution in [0, 0.1) is 0 Å². The first-order valence-electron chi connectivity index (χ1n) is 6.04. The Hall–Kier alpha value is -1.15. The van der Waals surface area contributed by atoms with Crippen LogP contribution >= 0.6 is 0 Å². The van der Waals surface area contributed by atoms with Crippen LogP contribution in [0.5, 0.6) is 0 Å². The highest BCUT2D eigenvalue weighted by Crippen LogP contribution is 2.27. The minimum atomic E-state index is 0.0911. The first-order valence-corrected chi connectivity index (χ1v) is 6.04. The van der Waals surface area contributed by atoms with E-state index in [1.165, 1.54) is 5.56 Å². The number of rotatable bonds is 4. The molecule has 0 aliphatic rings. The summed E-state index contributed by atoms with van der Waals surface area (Å²) in [4.78, 5) is 11.2. The number of aryl methyl sites for hydroxylation is 1. The Labute approximate surface area is 104 Å². The second kappa shape index (κ2) is 5.46. The molecule has 2 nitrogen and oxygen atoms in total. The summed E-state index contributed by atoms with van der Waals surface area (Å²) in [5.41, 5.74) is 4.24. The van der Waals surface area contributed by atoms with Crippen molar-refractivity contribution in [3.05, 3.63) is 34.4 Å². The van der Waals surface area contributed by atoms with Crippen LogP contribution in [0.2, 0.25) is 0 Å². The summed E-state index contributed by atoms with van der Waals surface area (Å²) >= 11 is 0. The fourth-order valence-electron chi connectivity index (χ4n) is 1.93. The lowest BCUT2D eigenvalue weighted by Crippen LogP contribution is -2.14. The second-order valence-corrected chi connectivity index (χ2v) is 5.36. The van der Waals surface area contributed by atoms with E-state index >= 15 is 0 Å². The number of hydrogen-bond acceptors (Lipinski definition) is 2. The summed E-state index contributed by atoms with van der Waals surface area (Å²) < 4.78 is 5.18. The lowest BCUT2D eigenvalue weighted by atomic mass is 9.83. The SMILES string of the molecule is CCc1cc(C(C)(C)C)cc(COC)c1C=O. The van der Waals surface area contributed by atoms with Gasteiger partial charge >= 0.3 is 0 Å². The maximum Gasteiger partial charge on any atom is 0.150 e. The summed E-state index contributed by atoms with van der Waals surface area (Å²) in [6.45, 7) is 9.10. The van der Waals surface area contributed by atoms with Crippen LogP contribution < -0.4 is 0 Å². The van der Waals surface area contributed by atoms with E-state index in [0.717, 1.165) is 29.4 Å². The highest BCUT2D eigenvalue weighted by atomic mass is 16.5. The van der Waals surface area contributed by atoms with Gasteiger partial charge in [0.05, 0.1) is 6.61 Å². The van der Waals surface area contributed by atoms with Gasteiger partial charge in [-0.3, -0.25) is 4.79 Å². The predicted molar refractivity (Wildman–Crippen MR) is 70.6 cm³/mol. The van der Waals surface area contributed by atoms with Crippen LogP contribution in [0.4, 0.5) is 0 Å². The van der Waals surface area contributed by atoms with Crippen LogP contribution in [0.15, 0.2) is 12.1 Å². The quantitative estimate of drug-likeness (QED) is 0.745. The summed E-state index contributed by atoms with van der Waals surface area (Å²) in [6.07, 6.45) is 1.81. The van der Waals surface area contributed by atoms with Gasteiger partial charge in [0.1, 0.15) is 0 Å². The van der Waals surface area contributed by atoms with E-state index in [0.29, 0.717) is 6.61 Å². The van der Waals surface area contributed by atoms with Crippen molar-refractivity contribution in [2.45, 2.75) is 46.1 Å². The van der Waals surface area contributed by atoms with Gasteiger partial charge in [0.2, 0.25) is 0 Å². The lowest BCUT2D eigenvalue weighted by molar-refractivity contribution is 0.111. The lowest BCUT2D eigenvalue weighted by Gasteiger charge is -2.22. The molecule has 2 heteroatoms. The molecule has 0 aliphatic carbocycles. The van der Waals surface area contributed by atoms with E-state index in [1.807, 2.05) is 0 Å². The molecule has 1 rings (SSSR count). The molecule has 0 spiro atoms. The maximum absolute atomic E-state index is 11.2. The third-order valence-corrected chi connectivity index (χ3v) is 3.02. The third-order valence-electron chi connectivity index (χ3n) is 3.02. The average molecular weight is 234 g/mol. The van der Waals surface area contributed by atoms with Crippen molar-refractivity contribution >= 4 is 6.29 Å². The van der Waals surface area contributed by atoms with Gasteiger partial charge < -0.3 is 4.74 Å². The van der Waals surface area contributed by atoms with Gasteiger partial charge in [-0.15, -0.1) is 0 Å². The number of aldehydes is 1. The molecule has 0 radical (unpaired) electrons. The fourth-order valence-corrected chi connectivity index (χ4v) is 1.93. The van der Waals surface area contributed by atoms with Crippen molar-refractivity contribution in [2.75, 3.05) is 7.11 Å². The number of methoxy groups -OCH3 is 1. The molecule has 1 aromatic rings. The largest absolute Gasteiger partial charge is 0.380 e. The number of carbonyl (C=O) groups excluding carboxylic acids is 1. The van der Waals surface area contributed by atoms with Crippen LogP contribution in [0.3, 0.4) is 0 Å². The Balaban J connectivity index is 3.39. The van der Waals surface area contributed by atoms with Crippen molar-refractivity contribution < 1.29 is 9.53 Å². The molecule has 0 aliphatic heterocycles. The van der Waals surface area contributed by atoms with Crippen molar-refractivity contribution in [3.63, 3.8) is 0 Å². The molecule has 0 heterocycles. The minimum Gasteiger partial charge on any atom is -0.380 e. The van der Waals surface area contributed by atoms with E-state index in [-0.39, 0.29) is 5.41 Å². The van der Waals surface area contributed by atoms with Crippen LogP contribution in [0.1, 0.15) is 54.7 Å². The minimum absolute atomic E-state index is 0.0911. The topological polar surface area (TPSA) is 26.3 Å². The van der Waals surface area contributed by atoms with E-state index in [2.05, 4.69) is 39.8 Å². The van der Waals surface area contributed by atoms with E-state index in [9.17, 15) is 4.79 Å². The molecule has 94 valence electrons. The van der Waals surface area contributed by atoms with Gasteiger partial charge in [0.15, 0.2) is 6.29 Å². The van der Waals surface area contributed by atoms with Gasteiger partial charge in [-0.2, -0.15) is 0 Å². The van der Waals surface area contributed by atoms with Gasteiger partial charge in [-0.1, -0.05) is 39.8 Å². The Bertz CT molecular complexity index is 400. The van der Waals surface area contributed by atoms with Crippen molar-refractivity contribution in [2.24, 2.45) is 0 Å². The average Bonchev–Trinajstić information content (AvgIpc) is 2.27. The van der Waals surface area contributed by atoms with Crippen LogP contribution in [-0.2, 0) is 23.2 Å². The molecule has 0 N–H and O–H groups in total. The molecule has 0 aromatic heterocycles. The monoisotopic (exact) mass is 234 g/mol. The summed E-state index contributed by atoms with van der Waals surface area (Å²) in [5, 5.41) is 0. The molecule has 0 atom stereocenters. The normalized spacial score (nSPS) is 11.6. The molecule has 0 amide bonds. The van der Waals surface area contributed by atoms with E-state index in [4.69, 9.17) is 4.74 Å². The number of hydrogen-bond donors (Lipinski definition) is 0. The molecule has 0 saturated carbocycles. The highest BCUT2D eigenvalue weighted by Gasteiger charge is 2.17. The third kappa shape index (κ3) is 3.16. The number of carbonyl (C=O) groups is 1. The van der Waals surface area contributed by atoms with Gasteiger partial charge in [0.25, 0.3) is 0 Å². The number of benzene rings is 1. The molecular formula is C15H22O2. The fraction of sp³-hybridized carbons (Fsp3) is 0.533. The zero-order valence-electron chi connectivity index (χ0n) is 11.5. The first kappa shape index (κ1) is 13.9. The Morgan fingerprint density at radius 3 is 2.24 bits per heavy atom. The van der Waals surface area contributed by atoms with Crippen molar-refractivity contribution in [3.8, 4) is 0 Å². The molecule has 1 aromatic carbocycles. The Morgan fingerprint density at radius 1 is 1.24 bits per heavy atom. The molecule has 0 unspecified atom stereocenters. The van der Waals surface area contributed by atoms with Gasteiger partial charge in [0, 0.05) is 12.7 Å². The van der Waals surface area contributed by atoms with Crippen LogP contribution in [-0.4, -0.2) is 13.4 Å². The summed E-state index contributed by atoms with van der Waals surface area (Å²) in [6, 6.07) is 4.23.